The molecule has 0 aromatic carbocycles. The molecule has 0 unspecified atom stereocenters. The molecule has 0 saturated carbocycles. The third-order valence-electron chi connectivity index (χ3n) is 2.62. The SMILES string of the molecule is CCCC[n+]1cccc(-c2nnn(CC)n2)c1.[I-]. The fourth-order valence-electron chi connectivity index (χ4n) is 1.63. The summed E-state index contributed by atoms with van der Waals surface area (Å²) in [5.41, 5.74) is 1.02. The largest absolute Gasteiger partial charge is 1.00 e. The molecule has 2 aromatic heterocycles. The number of aryl methyl sites for hydroxylation is 2. The Morgan fingerprint density at radius 1 is 1.33 bits per heavy atom. The number of hydrogen-bond acceptors (Lipinski definition) is 3. The lowest BCUT2D eigenvalue weighted by Crippen LogP contribution is -3.00. The van der Waals surface area contributed by atoms with Gasteiger partial charge in [-0.25, -0.2) is 4.57 Å². The summed E-state index contributed by atoms with van der Waals surface area (Å²) in [5, 5.41) is 12.3. The molecule has 2 aromatic rings. The molecule has 6 heteroatoms. The first-order chi connectivity index (χ1) is 8.33. The van der Waals surface area contributed by atoms with Crippen LogP contribution in [0.4, 0.5) is 0 Å². The smallest absolute Gasteiger partial charge is 0.210 e. The van der Waals surface area contributed by atoms with Crippen LogP contribution < -0.4 is 28.5 Å². The Labute approximate surface area is 124 Å². The Morgan fingerprint density at radius 3 is 2.83 bits per heavy atom. The van der Waals surface area contributed by atoms with E-state index in [1.165, 1.54) is 12.8 Å². The highest BCUT2D eigenvalue weighted by molar-refractivity contribution is 5.50. The van der Waals surface area contributed by atoms with Crippen LogP contribution in [-0.2, 0) is 13.1 Å². The summed E-state index contributed by atoms with van der Waals surface area (Å²) in [4.78, 5) is 1.60. The Morgan fingerprint density at radius 2 is 2.17 bits per heavy atom. The van der Waals surface area contributed by atoms with Gasteiger partial charge in [0.15, 0.2) is 12.4 Å². The van der Waals surface area contributed by atoms with Crippen LogP contribution >= 0.6 is 0 Å². The van der Waals surface area contributed by atoms with Crippen molar-refractivity contribution < 1.29 is 28.5 Å². The van der Waals surface area contributed by atoms with Crippen molar-refractivity contribution in [3.8, 4) is 11.4 Å². The van der Waals surface area contributed by atoms with E-state index >= 15 is 0 Å². The molecule has 0 fully saturated rings. The Bertz CT molecular complexity index is 483. The lowest BCUT2D eigenvalue weighted by atomic mass is 10.2. The molecule has 0 radical (unpaired) electrons. The first-order valence-corrected chi connectivity index (χ1v) is 6.10. The minimum Gasteiger partial charge on any atom is -1.00 e. The van der Waals surface area contributed by atoms with Gasteiger partial charge in [0.05, 0.1) is 12.1 Å². The van der Waals surface area contributed by atoms with Gasteiger partial charge in [-0.15, -0.1) is 10.2 Å². The molecule has 0 saturated heterocycles. The normalized spacial score (nSPS) is 10.1. The molecular weight excluding hydrogens is 341 g/mol. The molecule has 0 aliphatic carbocycles. The number of unbranched alkanes of at least 4 members (excludes halogenated alkanes) is 1. The highest BCUT2D eigenvalue weighted by Crippen LogP contribution is 2.09. The van der Waals surface area contributed by atoms with Gasteiger partial charge >= 0.3 is 0 Å². The summed E-state index contributed by atoms with van der Waals surface area (Å²) in [5.74, 6) is 0.692. The van der Waals surface area contributed by atoms with E-state index in [1.807, 2.05) is 19.1 Å². The predicted octanol–water partition coefficient (Wildman–Crippen LogP) is -1.55. The van der Waals surface area contributed by atoms with Crippen LogP contribution in [0.15, 0.2) is 24.5 Å². The molecule has 0 aliphatic heterocycles. The topological polar surface area (TPSA) is 47.5 Å². The van der Waals surface area contributed by atoms with Crippen molar-refractivity contribution >= 4 is 0 Å². The first kappa shape index (κ1) is 15.0. The zero-order valence-electron chi connectivity index (χ0n) is 10.8. The van der Waals surface area contributed by atoms with Gasteiger partial charge in [-0.3, -0.25) is 0 Å². The van der Waals surface area contributed by atoms with Crippen LogP contribution in [0.1, 0.15) is 26.7 Å². The van der Waals surface area contributed by atoms with Gasteiger partial charge in [-0.1, -0.05) is 13.3 Å². The van der Waals surface area contributed by atoms with Gasteiger partial charge < -0.3 is 24.0 Å². The predicted molar refractivity (Wildman–Crippen MR) is 64.0 cm³/mol. The molecule has 5 nitrogen and oxygen atoms in total. The highest BCUT2D eigenvalue weighted by atomic mass is 127. The van der Waals surface area contributed by atoms with Gasteiger partial charge in [0.1, 0.15) is 6.54 Å². The molecule has 98 valence electrons. The molecule has 2 heterocycles. The number of rotatable bonds is 5. The van der Waals surface area contributed by atoms with Crippen LogP contribution in [-0.4, -0.2) is 20.2 Å². The molecule has 0 aliphatic rings. The average molecular weight is 359 g/mol. The van der Waals surface area contributed by atoms with Gasteiger partial charge in [0.2, 0.25) is 5.82 Å². The van der Waals surface area contributed by atoms with Crippen LogP contribution in [0.2, 0.25) is 0 Å². The minimum absolute atomic E-state index is 0. The fourth-order valence-corrected chi connectivity index (χ4v) is 1.63. The van der Waals surface area contributed by atoms with Gasteiger partial charge in [0.25, 0.3) is 0 Å². The summed E-state index contributed by atoms with van der Waals surface area (Å²) < 4.78 is 2.17. The zero-order chi connectivity index (χ0) is 12.1. The third kappa shape index (κ3) is 3.72. The van der Waals surface area contributed by atoms with E-state index < -0.39 is 0 Å². The van der Waals surface area contributed by atoms with Crippen molar-refractivity contribution in [2.75, 3.05) is 0 Å². The van der Waals surface area contributed by atoms with Gasteiger partial charge in [0, 0.05) is 12.5 Å². The van der Waals surface area contributed by atoms with Gasteiger partial charge in [-0.05, 0) is 18.2 Å². The minimum atomic E-state index is 0. The lowest BCUT2D eigenvalue weighted by molar-refractivity contribution is -0.696. The number of aromatic nitrogens is 5. The average Bonchev–Trinajstić information content (AvgIpc) is 2.85. The quantitative estimate of drug-likeness (QED) is 0.480. The standard InChI is InChI=1S/C12H18N5.HI/c1-3-5-8-16-9-6-7-11(10-16)12-13-15-17(4-2)14-12;/h6-7,9-10H,3-5,8H2,1-2H3;1H/q+1;/p-1. The second-order valence-corrected chi connectivity index (χ2v) is 3.99. The second-order valence-electron chi connectivity index (χ2n) is 3.99. The fraction of sp³-hybridized carbons (Fsp3) is 0.500. The summed E-state index contributed by atoms with van der Waals surface area (Å²) in [6.07, 6.45) is 6.53. The number of tetrazole rings is 1. The highest BCUT2D eigenvalue weighted by Gasteiger charge is 2.09. The van der Waals surface area contributed by atoms with Crippen LogP contribution in [0.5, 0.6) is 0 Å². The molecule has 0 N–H and O–H groups in total. The second kappa shape index (κ2) is 7.40. The van der Waals surface area contributed by atoms with Crippen molar-refractivity contribution in [1.82, 2.24) is 20.2 Å². The summed E-state index contributed by atoms with van der Waals surface area (Å²) in [6, 6.07) is 4.04. The maximum atomic E-state index is 4.30. The molecule has 0 atom stereocenters. The van der Waals surface area contributed by atoms with Crippen LogP contribution in [0, 0.1) is 0 Å². The Kier molecular flexibility index (Phi) is 6.17. The van der Waals surface area contributed by atoms with Crippen molar-refractivity contribution in [2.24, 2.45) is 0 Å². The van der Waals surface area contributed by atoms with Crippen molar-refractivity contribution in [2.45, 2.75) is 39.8 Å². The van der Waals surface area contributed by atoms with Crippen molar-refractivity contribution in [1.29, 1.82) is 0 Å². The number of nitrogens with zero attached hydrogens (tertiary/aromatic N) is 5. The van der Waals surface area contributed by atoms with E-state index in [1.54, 1.807) is 4.80 Å². The number of hydrogen-bond donors (Lipinski definition) is 0. The van der Waals surface area contributed by atoms with E-state index in [0.29, 0.717) is 5.82 Å². The summed E-state index contributed by atoms with van der Waals surface area (Å²) in [6.45, 7) is 5.97. The Balaban J connectivity index is 0.00000162. The van der Waals surface area contributed by atoms with Crippen LogP contribution in [0.3, 0.4) is 0 Å². The molecule has 0 spiro atoms. The van der Waals surface area contributed by atoms with E-state index in [2.05, 4.69) is 39.3 Å². The monoisotopic (exact) mass is 359 g/mol. The number of pyridine rings is 1. The van der Waals surface area contributed by atoms with E-state index in [-0.39, 0.29) is 24.0 Å². The molecular formula is C12H18IN5. The molecule has 0 bridgehead atoms. The van der Waals surface area contributed by atoms with E-state index in [0.717, 1.165) is 18.7 Å². The van der Waals surface area contributed by atoms with E-state index in [9.17, 15) is 0 Å². The number of halogens is 1. The maximum absolute atomic E-state index is 4.30. The van der Waals surface area contributed by atoms with Gasteiger partial charge in [-0.2, -0.15) is 4.80 Å². The molecule has 18 heavy (non-hydrogen) atoms. The van der Waals surface area contributed by atoms with Crippen molar-refractivity contribution in [3.63, 3.8) is 0 Å². The maximum Gasteiger partial charge on any atom is 0.210 e. The summed E-state index contributed by atoms with van der Waals surface area (Å²) >= 11 is 0. The van der Waals surface area contributed by atoms with Crippen molar-refractivity contribution in [3.05, 3.63) is 24.5 Å². The zero-order valence-corrected chi connectivity index (χ0v) is 12.9. The first-order valence-electron chi connectivity index (χ1n) is 6.10. The lowest BCUT2D eigenvalue weighted by Gasteiger charge is -1.96. The molecule has 0 amide bonds. The Hall–Kier alpha value is -1.05. The molecule has 2 rings (SSSR count). The van der Waals surface area contributed by atoms with E-state index in [4.69, 9.17) is 0 Å². The van der Waals surface area contributed by atoms with Crippen LogP contribution in [0.25, 0.3) is 11.4 Å². The summed E-state index contributed by atoms with van der Waals surface area (Å²) in [7, 11) is 0. The third-order valence-corrected chi connectivity index (χ3v) is 2.62.